The van der Waals surface area contributed by atoms with E-state index in [1.807, 2.05) is 30.0 Å². The number of likely N-dealkylation sites (tertiary alicyclic amines) is 1. The molecule has 0 saturated carbocycles. The van der Waals surface area contributed by atoms with Crippen LogP contribution < -0.4 is 14.8 Å². The Morgan fingerprint density at radius 1 is 1.36 bits per heavy atom. The Bertz CT molecular complexity index is 550. The fourth-order valence-electron chi connectivity index (χ4n) is 3.22. The molecular weight excluding hydrogens is 320 g/mol. The van der Waals surface area contributed by atoms with Crippen LogP contribution in [0.2, 0.25) is 0 Å². The van der Waals surface area contributed by atoms with E-state index in [0.717, 1.165) is 44.5 Å². The maximum absolute atomic E-state index is 12.5. The summed E-state index contributed by atoms with van der Waals surface area (Å²) in [4.78, 5) is 14.4. The summed E-state index contributed by atoms with van der Waals surface area (Å²) in [5, 5.41) is 3.02. The zero-order valence-corrected chi connectivity index (χ0v) is 15.5. The minimum Gasteiger partial charge on any atom is -0.493 e. The van der Waals surface area contributed by atoms with Crippen molar-refractivity contribution in [2.24, 2.45) is 5.92 Å². The van der Waals surface area contributed by atoms with Crippen molar-refractivity contribution in [1.82, 2.24) is 10.2 Å². The number of ether oxygens (including phenoxy) is 3. The molecular formula is C19H30N2O4. The average Bonchev–Trinajstić information content (AvgIpc) is 2.65. The zero-order chi connectivity index (χ0) is 18.1. The van der Waals surface area contributed by atoms with E-state index in [9.17, 15) is 4.79 Å². The average molecular weight is 350 g/mol. The summed E-state index contributed by atoms with van der Waals surface area (Å²) in [6.45, 7) is 5.26. The Hall–Kier alpha value is -1.95. The lowest BCUT2D eigenvalue weighted by Crippen LogP contribution is -2.45. The van der Waals surface area contributed by atoms with E-state index in [1.54, 1.807) is 14.2 Å². The SMILES string of the molecule is CCOc1c(CNC(=O)N2CCCC(CCOC)C2)cccc1OC. The molecule has 2 rings (SSSR count). The number of para-hydroxylation sites is 1. The normalized spacial score (nSPS) is 17.2. The number of benzene rings is 1. The van der Waals surface area contributed by atoms with Crippen LogP contribution in [0.4, 0.5) is 4.79 Å². The van der Waals surface area contributed by atoms with E-state index in [-0.39, 0.29) is 6.03 Å². The second-order valence-corrected chi connectivity index (χ2v) is 6.28. The molecule has 1 aromatic rings. The highest BCUT2D eigenvalue weighted by Crippen LogP contribution is 2.31. The fourth-order valence-corrected chi connectivity index (χ4v) is 3.22. The second-order valence-electron chi connectivity index (χ2n) is 6.28. The number of piperidine rings is 1. The van der Waals surface area contributed by atoms with Crippen molar-refractivity contribution in [2.45, 2.75) is 32.7 Å². The summed E-state index contributed by atoms with van der Waals surface area (Å²) in [5.41, 5.74) is 0.919. The number of hydrogen-bond donors (Lipinski definition) is 1. The third-order valence-corrected chi connectivity index (χ3v) is 4.54. The molecule has 0 radical (unpaired) electrons. The molecule has 25 heavy (non-hydrogen) atoms. The predicted octanol–water partition coefficient (Wildman–Crippen LogP) is 3.05. The topological polar surface area (TPSA) is 60.0 Å². The molecule has 1 aliphatic heterocycles. The first-order chi connectivity index (χ1) is 12.2. The van der Waals surface area contributed by atoms with Crippen LogP contribution in [0.15, 0.2) is 18.2 Å². The lowest BCUT2D eigenvalue weighted by Gasteiger charge is -2.32. The van der Waals surface area contributed by atoms with Gasteiger partial charge in [0.1, 0.15) is 0 Å². The van der Waals surface area contributed by atoms with Gasteiger partial charge in [-0.25, -0.2) is 4.79 Å². The molecule has 1 unspecified atom stereocenters. The lowest BCUT2D eigenvalue weighted by molar-refractivity contribution is 0.133. The van der Waals surface area contributed by atoms with Gasteiger partial charge in [0.05, 0.1) is 13.7 Å². The summed E-state index contributed by atoms with van der Waals surface area (Å²) in [6, 6.07) is 5.70. The standard InChI is InChI=1S/C19H30N2O4/c1-4-25-18-16(8-5-9-17(18)24-3)13-20-19(22)21-11-6-7-15(14-21)10-12-23-2/h5,8-9,15H,4,6-7,10-14H2,1-3H3,(H,20,22). The summed E-state index contributed by atoms with van der Waals surface area (Å²) < 4.78 is 16.2. The van der Waals surface area contributed by atoms with E-state index in [1.165, 1.54) is 0 Å². The molecule has 1 N–H and O–H groups in total. The molecule has 140 valence electrons. The van der Waals surface area contributed by atoms with E-state index < -0.39 is 0 Å². The Morgan fingerprint density at radius 2 is 2.20 bits per heavy atom. The van der Waals surface area contributed by atoms with Crippen LogP contribution in [0, 0.1) is 5.92 Å². The molecule has 1 fully saturated rings. The van der Waals surface area contributed by atoms with Gasteiger partial charge in [0.15, 0.2) is 11.5 Å². The Kier molecular flexibility index (Phi) is 7.85. The highest BCUT2D eigenvalue weighted by Gasteiger charge is 2.23. The third-order valence-electron chi connectivity index (χ3n) is 4.54. The largest absolute Gasteiger partial charge is 0.493 e. The molecule has 0 bridgehead atoms. The van der Waals surface area contributed by atoms with E-state index in [0.29, 0.717) is 30.6 Å². The van der Waals surface area contributed by atoms with Gasteiger partial charge in [-0.15, -0.1) is 0 Å². The number of urea groups is 1. The Balaban J connectivity index is 1.93. The summed E-state index contributed by atoms with van der Waals surface area (Å²) >= 11 is 0. The minimum atomic E-state index is -0.0209. The van der Waals surface area contributed by atoms with Crippen LogP contribution in [0.3, 0.4) is 0 Å². The van der Waals surface area contributed by atoms with Crippen molar-refractivity contribution >= 4 is 6.03 Å². The zero-order valence-electron chi connectivity index (χ0n) is 15.5. The smallest absolute Gasteiger partial charge is 0.317 e. The predicted molar refractivity (Wildman–Crippen MR) is 97.2 cm³/mol. The molecule has 1 aliphatic rings. The van der Waals surface area contributed by atoms with Crippen LogP contribution in [0.5, 0.6) is 11.5 Å². The van der Waals surface area contributed by atoms with Gasteiger partial charge in [-0.05, 0) is 38.2 Å². The summed E-state index contributed by atoms with van der Waals surface area (Å²) in [6.07, 6.45) is 3.22. The number of nitrogens with one attached hydrogen (secondary N) is 1. The maximum atomic E-state index is 12.5. The van der Waals surface area contributed by atoms with Gasteiger partial charge in [0.2, 0.25) is 0 Å². The molecule has 0 aromatic heterocycles. The highest BCUT2D eigenvalue weighted by molar-refractivity contribution is 5.74. The summed E-state index contributed by atoms with van der Waals surface area (Å²) in [7, 11) is 3.34. The molecule has 6 nitrogen and oxygen atoms in total. The van der Waals surface area contributed by atoms with Gasteiger partial charge in [0, 0.05) is 38.9 Å². The number of nitrogens with zero attached hydrogens (tertiary/aromatic N) is 1. The quantitative estimate of drug-likeness (QED) is 0.783. The Labute approximate surface area is 150 Å². The summed E-state index contributed by atoms with van der Waals surface area (Å²) in [5.74, 6) is 1.91. The van der Waals surface area contributed by atoms with Crippen molar-refractivity contribution in [1.29, 1.82) is 0 Å². The maximum Gasteiger partial charge on any atom is 0.317 e. The molecule has 1 atom stereocenters. The van der Waals surface area contributed by atoms with Crippen LogP contribution in [-0.4, -0.2) is 51.5 Å². The van der Waals surface area contributed by atoms with Gasteiger partial charge < -0.3 is 24.4 Å². The van der Waals surface area contributed by atoms with Crippen molar-refractivity contribution in [3.8, 4) is 11.5 Å². The van der Waals surface area contributed by atoms with Crippen LogP contribution >= 0.6 is 0 Å². The van der Waals surface area contributed by atoms with Gasteiger partial charge in [0.25, 0.3) is 0 Å². The van der Waals surface area contributed by atoms with Gasteiger partial charge in [-0.1, -0.05) is 12.1 Å². The molecule has 1 saturated heterocycles. The van der Waals surface area contributed by atoms with E-state index in [4.69, 9.17) is 14.2 Å². The molecule has 2 amide bonds. The highest BCUT2D eigenvalue weighted by atomic mass is 16.5. The van der Waals surface area contributed by atoms with Gasteiger partial charge >= 0.3 is 6.03 Å². The Morgan fingerprint density at radius 3 is 2.92 bits per heavy atom. The van der Waals surface area contributed by atoms with Gasteiger partial charge in [-0.3, -0.25) is 0 Å². The number of amides is 2. The monoisotopic (exact) mass is 350 g/mol. The molecule has 0 aliphatic carbocycles. The van der Waals surface area contributed by atoms with Crippen molar-refractivity contribution in [2.75, 3.05) is 40.5 Å². The fraction of sp³-hybridized carbons (Fsp3) is 0.632. The minimum absolute atomic E-state index is 0.0209. The number of hydrogen-bond acceptors (Lipinski definition) is 4. The van der Waals surface area contributed by atoms with Crippen molar-refractivity contribution in [3.63, 3.8) is 0 Å². The number of carbonyl (C=O) groups excluding carboxylic acids is 1. The number of carbonyl (C=O) groups is 1. The van der Waals surface area contributed by atoms with Crippen LogP contribution in [0.25, 0.3) is 0 Å². The van der Waals surface area contributed by atoms with Crippen LogP contribution in [-0.2, 0) is 11.3 Å². The first-order valence-electron chi connectivity index (χ1n) is 9.00. The number of methoxy groups -OCH3 is 2. The van der Waals surface area contributed by atoms with Crippen molar-refractivity contribution in [3.05, 3.63) is 23.8 Å². The molecule has 6 heteroatoms. The van der Waals surface area contributed by atoms with Gasteiger partial charge in [-0.2, -0.15) is 0 Å². The first-order valence-corrected chi connectivity index (χ1v) is 9.00. The van der Waals surface area contributed by atoms with Crippen molar-refractivity contribution < 1.29 is 19.0 Å². The first kappa shape index (κ1) is 19.4. The molecule has 1 heterocycles. The van der Waals surface area contributed by atoms with Crippen LogP contribution in [0.1, 0.15) is 31.7 Å². The molecule has 1 aromatic carbocycles. The lowest BCUT2D eigenvalue weighted by atomic mass is 9.95. The number of rotatable bonds is 8. The second kappa shape index (κ2) is 10.1. The van der Waals surface area contributed by atoms with E-state index >= 15 is 0 Å². The van der Waals surface area contributed by atoms with E-state index in [2.05, 4.69) is 5.32 Å². The third kappa shape index (κ3) is 5.53. The molecule has 0 spiro atoms.